The van der Waals surface area contributed by atoms with Crippen LogP contribution in [-0.2, 0) is 11.2 Å². The van der Waals surface area contributed by atoms with Crippen LogP contribution in [0.5, 0.6) is 5.75 Å². The normalized spacial score (nSPS) is 14.8. The van der Waals surface area contributed by atoms with Gasteiger partial charge in [-0.25, -0.2) is 18.9 Å². The number of rotatable bonds is 6. The van der Waals surface area contributed by atoms with Gasteiger partial charge in [-0.3, -0.25) is 14.4 Å². The molecule has 15 heteroatoms. The van der Waals surface area contributed by atoms with Crippen LogP contribution in [-0.4, -0.2) is 93.3 Å². The van der Waals surface area contributed by atoms with E-state index in [1.54, 1.807) is 32.7 Å². The molecule has 0 unspecified atom stereocenters. The minimum absolute atomic E-state index is 0.0652. The molecule has 0 radical (unpaired) electrons. The summed E-state index contributed by atoms with van der Waals surface area (Å²) < 4.78 is 22.8. The summed E-state index contributed by atoms with van der Waals surface area (Å²) in [5.41, 5.74) is 1.43. The topological polar surface area (TPSA) is 113 Å². The molecule has 210 valence electrons. The smallest absolute Gasteiger partial charge is 0.271 e. The zero-order valence-electron chi connectivity index (χ0n) is 22.3. The fraction of sp³-hybridized carbons (Fsp3) is 0.360. The van der Waals surface area contributed by atoms with Crippen LogP contribution in [0, 0.1) is 12.7 Å². The van der Waals surface area contributed by atoms with E-state index in [1.807, 2.05) is 6.92 Å². The predicted molar refractivity (Wildman–Crippen MR) is 148 cm³/mol. The monoisotopic (exact) mass is 605 g/mol. The fourth-order valence-electron chi connectivity index (χ4n) is 4.39. The molecule has 0 N–H and O–H groups in total. The molecular formula is C25H25ClFN7O4S2. The van der Waals surface area contributed by atoms with E-state index in [1.165, 1.54) is 44.2 Å². The number of aromatic nitrogens is 4. The highest BCUT2D eigenvalue weighted by Gasteiger charge is 2.40. The highest BCUT2D eigenvalue weighted by atomic mass is 35.5. The Morgan fingerprint density at radius 2 is 1.85 bits per heavy atom. The summed E-state index contributed by atoms with van der Waals surface area (Å²) in [6.07, 6.45) is 0.437. The Bertz CT molecular complexity index is 1650. The lowest BCUT2D eigenvalue weighted by Crippen LogP contribution is -2.43. The maximum atomic E-state index is 15.5. The number of thiophene rings is 1. The first-order chi connectivity index (χ1) is 19.0. The second-order valence-electron chi connectivity index (χ2n) is 9.49. The zero-order chi connectivity index (χ0) is 28.9. The van der Waals surface area contributed by atoms with Crippen LogP contribution in [0.4, 0.5) is 4.39 Å². The Labute approximate surface area is 241 Å². The molecule has 0 aliphatic carbocycles. The molecule has 0 spiro atoms. The third kappa shape index (κ3) is 5.02. The third-order valence-corrected chi connectivity index (χ3v) is 8.51. The van der Waals surface area contributed by atoms with Gasteiger partial charge in [0.15, 0.2) is 17.5 Å². The first kappa shape index (κ1) is 27.9. The predicted octanol–water partition coefficient (Wildman–Crippen LogP) is 3.30. The van der Waals surface area contributed by atoms with Crippen LogP contribution in [0.1, 0.15) is 47.5 Å². The summed E-state index contributed by atoms with van der Waals surface area (Å²) in [6, 6.07) is 3.25. The van der Waals surface area contributed by atoms with E-state index in [2.05, 4.69) is 15.1 Å². The average molecular weight is 606 g/mol. The van der Waals surface area contributed by atoms with E-state index >= 15 is 4.39 Å². The maximum Gasteiger partial charge on any atom is 0.271 e. The van der Waals surface area contributed by atoms with Crippen LogP contribution in [0.3, 0.4) is 0 Å². The molecule has 1 aliphatic rings. The highest BCUT2D eigenvalue weighted by Crippen LogP contribution is 2.41. The van der Waals surface area contributed by atoms with Crippen molar-refractivity contribution in [1.82, 2.24) is 34.3 Å². The molecular weight excluding hydrogens is 581 g/mol. The molecule has 1 atom stereocenters. The van der Waals surface area contributed by atoms with E-state index in [0.717, 1.165) is 22.0 Å². The number of fused-ring (bicyclic) bond motifs is 3. The van der Waals surface area contributed by atoms with Crippen molar-refractivity contribution in [3.8, 4) is 5.75 Å². The van der Waals surface area contributed by atoms with Gasteiger partial charge in [0.25, 0.3) is 17.7 Å². The van der Waals surface area contributed by atoms with E-state index in [9.17, 15) is 14.4 Å². The fourth-order valence-corrected chi connectivity index (χ4v) is 6.54. The molecule has 0 fully saturated rings. The van der Waals surface area contributed by atoms with Crippen LogP contribution in [0.2, 0.25) is 5.15 Å². The van der Waals surface area contributed by atoms with E-state index in [-0.39, 0.29) is 44.7 Å². The second kappa shape index (κ2) is 10.7. The van der Waals surface area contributed by atoms with Gasteiger partial charge in [0, 0.05) is 41.2 Å². The Balaban J connectivity index is 1.48. The summed E-state index contributed by atoms with van der Waals surface area (Å²) >= 11 is 8.63. The molecule has 0 saturated carbocycles. The van der Waals surface area contributed by atoms with Gasteiger partial charge in [-0.15, -0.1) is 11.3 Å². The molecule has 4 aromatic heterocycles. The van der Waals surface area contributed by atoms with E-state index < -0.39 is 24.4 Å². The summed E-state index contributed by atoms with van der Waals surface area (Å²) in [7, 11) is 6.37. The molecule has 5 heterocycles. The van der Waals surface area contributed by atoms with Gasteiger partial charge in [-0.05, 0) is 25.1 Å². The van der Waals surface area contributed by atoms with Crippen molar-refractivity contribution in [2.45, 2.75) is 19.4 Å². The number of hydrogen-bond acceptors (Lipinski definition) is 9. The number of aryl methyl sites for hydroxylation is 1. The highest BCUT2D eigenvalue weighted by molar-refractivity contribution is 7.16. The first-order valence-corrected chi connectivity index (χ1v) is 14.1. The zero-order valence-corrected chi connectivity index (χ0v) is 24.7. The lowest BCUT2D eigenvalue weighted by atomic mass is 10.0. The number of hydrogen-bond donors (Lipinski definition) is 0. The van der Waals surface area contributed by atoms with Crippen molar-refractivity contribution in [3.05, 3.63) is 61.0 Å². The summed E-state index contributed by atoms with van der Waals surface area (Å²) in [5, 5.41) is 5.25. The van der Waals surface area contributed by atoms with E-state index in [0.29, 0.717) is 17.1 Å². The molecule has 5 rings (SSSR count). The third-order valence-electron chi connectivity index (χ3n) is 6.27. The quantitative estimate of drug-likeness (QED) is 0.310. The van der Waals surface area contributed by atoms with Crippen molar-refractivity contribution in [2.75, 3.05) is 41.3 Å². The van der Waals surface area contributed by atoms with Crippen molar-refractivity contribution >= 4 is 57.0 Å². The molecule has 0 aromatic carbocycles. The molecule has 0 saturated heterocycles. The largest absolute Gasteiger partial charge is 0.481 e. The van der Waals surface area contributed by atoms with Gasteiger partial charge in [0.05, 0.1) is 21.1 Å². The Morgan fingerprint density at radius 1 is 1.12 bits per heavy atom. The van der Waals surface area contributed by atoms with Crippen LogP contribution in [0.25, 0.3) is 4.96 Å². The van der Waals surface area contributed by atoms with Gasteiger partial charge >= 0.3 is 0 Å². The summed E-state index contributed by atoms with van der Waals surface area (Å²) in [5.74, 6) is -1.57. The lowest BCUT2D eigenvalue weighted by Gasteiger charge is -2.34. The molecule has 40 heavy (non-hydrogen) atoms. The summed E-state index contributed by atoms with van der Waals surface area (Å²) in [6.45, 7) is 1.68. The van der Waals surface area contributed by atoms with Crippen molar-refractivity contribution in [2.24, 2.45) is 0 Å². The number of amides is 3. The van der Waals surface area contributed by atoms with Crippen LogP contribution in [0.15, 0.2) is 18.2 Å². The minimum Gasteiger partial charge on any atom is -0.481 e. The van der Waals surface area contributed by atoms with Gasteiger partial charge < -0.3 is 19.4 Å². The number of carbonyl (C=O) groups excluding carboxylic acids is 3. The Hall–Kier alpha value is -3.62. The molecule has 0 bridgehead atoms. The summed E-state index contributed by atoms with van der Waals surface area (Å²) in [4.78, 5) is 52.5. The van der Waals surface area contributed by atoms with Gasteiger partial charge in [-0.2, -0.15) is 5.10 Å². The molecule has 3 amide bonds. The minimum atomic E-state index is -0.876. The molecule has 11 nitrogen and oxygen atoms in total. The number of imidazole rings is 1. The van der Waals surface area contributed by atoms with Gasteiger partial charge in [-0.1, -0.05) is 22.9 Å². The van der Waals surface area contributed by atoms with Gasteiger partial charge in [0.2, 0.25) is 4.96 Å². The number of pyridine rings is 1. The van der Waals surface area contributed by atoms with Crippen LogP contribution >= 0.6 is 34.3 Å². The van der Waals surface area contributed by atoms with E-state index in [4.69, 9.17) is 16.3 Å². The first-order valence-electron chi connectivity index (χ1n) is 12.1. The number of carbonyl (C=O) groups is 3. The lowest BCUT2D eigenvalue weighted by molar-refractivity contribution is -0.135. The Morgan fingerprint density at radius 3 is 2.52 bits per heavy atom. The van der Waals surface area contributed by atoms with Crippen LogP contribution < -0.4 is 4.74 Å². The van der Waals surface area contributed by atoms with Gasteiger partial charge in [0.1, 0.15) is 22.6 Å². The SMILES string of the molecule is Cc1nn2c3c(nc2s1)CCN(C(=O)COc1ccc(C(=O)N(C)C)nc1Cl)[C@H]3c1sc(C(=O)N(C)C)cc1F. The number of nitrogens with zero attached hydrogens (tertiary/aromatic N) is 7. The van der Waals surface area contributed by atoms with Crippen molar-refractivity contribution < 1.29 is 23.5 Å². The number of ether oxygens (including phenoxy) is 1. The maximum absolute atomic E-state index is 15.5. The molecule has 4 aromatic rings. The number of halogens is 2. The standard InChI is InChI=1S/C25H25ClFN7O4S2/c1-12-30-34-19-14(29-25(34)39-12)8-9-33(20(19)21-13(27)10-17(40-21)24(37)32(4)5)18(35)11-38-16-7-6-15(28-22(16)26)23(36)31(2)3/h6-7,10,20H,8-9,11H2,1-5H3/t20-/m1/s1. The van der Waals surface area contributed by atoms with Crippen molar-refractivity contribution in [3.63, 3.8) is 0 Å². The van der Waals surface area contributed by atoms with Crippen molar-refractivity contribution in [1.29, 1.82) is 0 Å². The second-order valence-corrected chi connectivity index (χ2v) is 12.1. The Kier molecular flexibility index (Phi) is 7.50. The molecule has 1 aliphatic heterocycles. The average Bonchev–Trinajstić information content (AvgIpc) is 3.57.